The third-order valence-corrected chi connectivity index (χ3v) is 5.75. The zero-order valence-corrected chi connectivity index (χ0v) is 16.9. The zero-order chi connectivity index (χ0) is 20.2. The first-order chi connectivity index (χ1) is 12.6. The molecule has 8 nitrogen and oxygen atoms in total. The van der Waals surface area contributed by atoms with Crippen molar-refractivity contribution < 1.29 is 27.9 Å². The molecule has 0 aliphatic rings. The topological polar surface area (TPSA) is 113 Å². The Labute approximate surface area is 164 Å². The van der Waals surface area contributed by atoms with E-state index < -0.39 is 28.5 Å². The number of sulfonamides is 1. The standard InChI is InChI=1S/C17H17BrN2O6S/c1-20(2)27(24,25)13-6-4-12(5-7-13)19-16(22)10-26-17(23)14-9-11(18)3-8-15(14)21/h3-9,21H,10H2,1-2H3,(H,19,22). The maximum atomic E-state index is 12.0. The Morgan fingerprint density at radius 3 is 2.37 bits per heavy atom. The molecule has 0 aliphatic heterocycles. The van der Waals surface area contributed by atoms with Crippen LogP contribution in [0.1, 0.15) is 10.4 Å². The highest BCUT2D eigenvalue weighted by Crippen LogP contribution is 2.22. The summed E-state index contributed by atoms with van der Waals surface area (Å²) in [7, 11) is -0.720. The van der Waals surface area contributed by atoms with Gasteiger partial charge in [0.2, 0.25) is 10.0 Å². The number of hydrogen-bond donors (Lipinski definition) is 2. The summed E-state index contributed by atoms with van der Waals surface area (Å²) >= 11 is 3.17. The molecule has 0 atom stereocenters. The number of benzene rings is 2. The molecule has 2 rings (SSSR count). The number of phenols is 1. The van der Waals surface area contributed by atoms with Crippen LogP contribution in [-0.4, -0.2) is 50.4 Å². The molecule has 0 heterocycles. The summed E-state index contributed by atoms with van der Waals surface area (Å²) in [5, 5.41) is 12.1. The quantitative estimate of drug-likeness (QED) is 0.644. The summed E-state index contributed by atoms with van der Waals surface area (Å²) in [6.45, 7) is -0.567. The molecule has 0 radical (unpaired) electrons. The van der Waals surface area contributed by atoms with Gasteiger partial charge in [-0.05, 0) is 42.5 Å². The van der Waals surface area contributed by atoms with E-state index in [0.29, 0.717) is 10.2 Å². The number of halogens is 1. The van der Waals surface area contributed by atoms with Crippen molar-refractivity contribution in [1.82, 2.24) is 4.31 Å². The smallest absolute Gasteiger partial charge is 0.342 e. The van der Waals surface area contributed by atoms with Crippen LogP contribution in [-0.2, 0) is 19.6 Å². The highest BCUT2D eigenvalue weighted by Gasteiger charge is 2.17. The molecule has 0 spiro atoms. The molecular weight excluding hydrogens is 440 g/mol. The van der Waals surface area contributed by atoms with Crippen LogP contribution in [0.2, 0.25) is 0 Å². The van der Waals surface area contributed by atoms with Crippen molar-refractivity contribution in [2.45, 2.75) is 4.90 Å². The maximum absolute atomic E-state index is 12.0. The van der Waals surface area contributed by atoms with Crippen molar-refractivity contribution in [1.29, 1.82) is 0 Å². The van der Waals surface area contributed by atoms with Gasteiger partial charge in [-0.2, -0.15) is 0 Å². The molecule has 0 aromatic heterocycles. The first-order valence-corrected chi connectivity index (χ1v) is 9.82. The van der Waals surface area contributed by atoms with Gasteiger partial charge < -0.3 is 15.2 Å². The Morgan fingerprint density at radius 2 is 1.78 bits per heavy atom. The van der Waals surface area contributed by atoms with Crippen molar-refractivity contribution in [2.75, 3.05) is 26.0 Å². The predicted molar refractivity (Wildman–Crippen MR) is 102 cm³/mol. The van der Waals surface area contributed by atoms with Gasteiger partial charge in [-0.25, -0.2) is 17.5 Å². The third kappa shape index (κ3) is 5.28. The average molecular weight is 457 g/mol. The van der Waals surface area contributed by atoms with E-state index in [0.717, 1.165) is 4.31 Å². The second-order valence-electron chi connectivity index (χ2n) is 5.60. The van der Waals surface area contributed by atoms with Gasteiger partial charge in [-0.3, -0.25) is 4.79 Å². The van der Waals surface area contributed by atoms with E-state index in [9.17, 15) is 23.1 Å². The normalized spacial score (nSPS) is 11.3. The van der Waals surface area contributed by atoms with E-state index >= 15 is 0 Å². The number of ether oxygens (including phenoxy) is 1. The summed E-state index contributed by atoms with van der Waals surface area (Å²) in [4.78, 5) is 23.9. The Bertz CT molecular complexity index is 958. The molecule has 27 heavy (non-hydrogen) atoms. The van der Waals surface area contributed by atoms with Crippen LogP contribution >= 0.6 is 15.9 Å². The largest absolute Gasteiger partial charge is 0.507 e. The van der Waals surface area contributed by atoms with E-state index in [1.807, 2.05) is 0 Å². The molecule has 0 unspecified atom stereocenters. The molecule has 0 fully saturated rings. The van der Waals surface area contributed by atoms with E-state index in [1.54, 1.807) is 6.07 Å². The average Bonchev–Trinajstić information content (AvgIpc) is 2.62. The van der Waals surface area contributed by atoms with Gasteiger partial charge >= 0.3 is 5.97 Å². The number of rotatable bonds is 6. The molecule has 2 aromatic rings. The van der Waals surface area contributed by atoms with Gasteiger partial charge in [0.15, 0.2) is 6.61 Å². The lowest BCUT2D eigenvalue weighted by Crippen LogP contribution is -2.22. The lowest BCUT2D eigenvalue weighted by molar-refractivity contribution is -0.119. The number of aromatic hydroxyl groups is 1. The Morgan fingerprint density at radius 1 is 1.15 bits per heavy atom. The number of hydrogen-bond acceptors (Lipinski definition) is 6. The van der Waals surface area contributed by atoms with E-state index in [2.05, 4.69) is 21.2 Å². The highest BCUT2D eigenvalue weighted by molar-refractivity contribution is 9.10. The highest BCUT2D eigenvalue weighted by atomic mass is 79.9. The minimum Gasteiger partial charge on any atom is -0.507 e. The first-order valence-electron chi connectivity index (χ1n) is 7.59. The van der Waals surface area contributed by atoms with Crippen LogP contribution < -0.4 is 5.32 Å². The van der Waals surface area contributed by atoms with Crippen molar-refractivity contribution in [3.05, 3.63) is 52.5 Å². The number of anilines is 1. The van der Waals surface area contributed by atoms with Crippen LogP contribution in [0.25, 0.3) is 0 Å². The van der Waals surface area contributed by atoms with Crippen LogP contribution in [0.15, 0.2) is 51.8 Å². The molecule has 0 saturated heterocycles. The number of amides is 1. The lowest BCUT2D eigenvalue weighted by Gasteiger charge is -2.12. The number of nitrogens with zero attached hydrogens (tertiary/aromatic N) is 1. The monoisotopic (exact) mass is 456 g/mol. The Kier molecular flexibility index (Phi) is 6.58. The van der Waals surface area contributed by atoms with Crippen molar-refractivity contribution >= 4 is 43.5 Å². The minimum atomic E-state index is -3.56. The molecular formula is C17H17BrN2O6S. The molecule has 2 N–H and O–H groups in total. The van der Waals surface area contributed by atoms with Gasteiger partial charge in [0.1, 0.15) is 11.3 Å². The zero-order valence-electron chi connectivity index (χ0n) is 14.5. The first kappa shape index (κ1) is 20.9. The predicted octanol–water partition coefficient (Wildman–Crippen LogP) is 2.20. The summed E-state index contributed by atoms with van der Waals surface area (Å²) in [5.74, 6) is -1.72. The van der Waals surface area contributed by atoms with E-state index in [4.69, 9.17) is 4.74 Å². The summed E-state index contributed by atoms with van der Waals surface area (Å²) in [6, 6.07) is 9.82. The SMILES string of the molecule is CN(C)S(=O)(=O)c1ccc(NC(=O)COC(=O)c2cc(Br)ccc2O)cc1. The fourth-order valence-electron chi connectivity index (χ4n) is 2.00. The summed E-state index contributed by atoms with van der Waals surface area (Å²) in [5.41, 5.74) is 0.273. The molecule has 1 amide bonds. The lowest BCUT2D eigenvalue weighted by atomic mass is 10.2. The van der Waals surface area contributed by atoms with Gasteiger partial charge in [0, 0.05) is 24.3 Å². The van der Waals surface area contributed by atoms with Gasteiger partial charge in [0.25, 0.3) is 5.91 Å². The second-order valence-corrected chi connectivity index (χ2v) is 8.67. The van der Waals surface area contributed by atoms with Crippen LogP contribution in [0, 0.1) is 0 Å². The molecule has 144 valence electrons. The van der Waals surface area contributed by atoms with Crippen molar-refractivity contribution in [3.63, 3.8) is 0 Å². The van der Waals surface area contributed by atoms with Crippen molar-refractivity contribution in [2.24, 2.45) is 0 Å². The molecule has 2 aromatic carbocycles. The van der Waals surface area contributed by atoms with Gasteiger partial charge in [-0.1, -0.05) is 15.9 Å². The summed E-state index contributed by atoms with van der Waals surface area (Å²) in [6.07, 6.45) is 0. The number of carbonyl (C=O) groups is 2. The van der Waals surface area contributed by atoms with Crippen LogP contribution in [0.3, 0.4) is 0 Å². The molecule has 10 heteroatoms. The number of esters is 1. The summed E-state index contributed by atoms with van der Waals surface area (Å²) < 4.78 is 30.5. The fourth-order valence-corrected chi connectivity index (χ4v) is 3.26. The molecule has 0 bridgehead atoms. The Balaban J connectivity index is 1.96. The minimum absolute atomic E-state index is 0.0737. The van der Waals surface area contributed by atoms with E-state index in [-0.39, 0.29) is 16.2 Å². The number of phenolic OH excluding ortho intramolecular Hbond substituents is 1. The fraction of sp³-hybridized carbons (Fsp3) is 0.176. The van der Waals surface area contributed by atoms with Crippen LogP contribution in [0.5, 0.6) is 5.75 Å². The maximum Gasteiger partial charge on any atom is 0.342 e. The van der Waals surface area contributed by atoms with Crippen LogP contribution in [0.4, 0.5) is 5.69 Å². The number of nitrogens with one attached hydrogen (secondary N) is 1. The second kappa shape index (κ2) is 8.51. The Hall–Kier alpha value is -2.43. The van der Waals surface area contributed by atoms with Gasteiger partial charge in [-0.15, -0.1) is 0 Å². The number of carbonyl (C=O) groups excluding carboxylic acids is 2. The molecule has 0 aliphatic carbocycles. The van der Waals surface area contributed by atoms with E-state index in [1.165, 1.54) is 50.5 Å². The molecule has 0 saturated carbocycles. The van der Waals surface area contributed by atoms with Gasteiger partial charge in [0.05, 0.1) is 4.90 Å². The third-order valence-electron chi connectivity index (χ3n) is 3.43. The van der Waals surface area contributed by atoms with Crippen molar-refractivity contribution in [3.8, 4) is 5.75 Å².